The summed E-state index contributed by atoms with van der Waals surface area (Å²) in [6, 6.07) is 27.7. The molecule has 4 aliphatic rings. The minimum absolute atomic E-state index is 0.0534. The molecule has 0 aromatic heterocycles. The van der Waals surface area contributed by atoms with Crippen molar-refractivity contribution in [2.45, 2.75) is 18.3 Å². The highest BCUT2D eigenvalue weighted by atomic mass is 79.9. The molecule has 0 unspecified atom stereocenters. The van der Waals surface area contributed by atoms with Crippen LogP contribution in [0.4, 0.5) is 5.69 Å². The van der Waals surface area contributed by atoms with E-state index in [1.165, 1.54) is 17.0 Å². The van der Waals surface area contributed by atoms with E-state index in [1.807, 2.05) is 67.6 Å². The van der Waals surface area contributed by atoms with Gasteiger partial charge in [-0.05, 0) is 59.5 Å². The van der Waals surface area contributed by atoms with Crippen LogP contribution in [0.5, 0.6) is 5.75 Å². The van der Waals surface area contributed by atoms with Gasteiger partial charge in [-0.1, -0.05) is 82.2 Å². The highest BCUT2D eigenvalue weighted by Crippen LogP contribution is 2.63. The van der Waals surface area contributed by atoms with Gasteiger partial charge in [0.05, 0.1) is 28.5 Å². The first kappa shape index (κ1) is 25.4. The van der Waals surface area contributed by atoms with Gasteiger partial charge in [0.15, 0.2) is 0 Å². The van der Waals surface area contributed by atoms with Gasteiger partial charge in [0.1, 0.15) is 5.75 Å². The number of rotatable bonds is 4. The topological polar surface area (TPSA) is 99.1 Å². The molecule has 0 saturated carbocycles. The molecule has 3 amide bonds. The fraction of sp³-hybridized carbons (Fsp3) is 0.152. The predicted molar refractivity (Wildman–Crippen MR) is 158 cm³/mol. The van der Waals surface area contributed by atoms with Crippen molar-refractivity contribution in [1.29, 1.82) is 0 Å². The molecule has 1 fully saturated rings. The summed E-state index contributed by atoms with van der Waals surface area (Å²) in [5.74, 6) is -3.00. The van der Waals surface area contributed by atoms with Gasteiger partial charge >= 0.3 is 0 Å². The van der Waals surface area contributed by atoms with Crippen molar-refractivity contribution >= 4 is 45.6 Å². The van der Waals surface area contributed by atoms with Gasteiger partial charge in [-0.25, -0.2) is 10.3 Å². The molecule has 1 saturated heterocycles. The molecular formula is C33H24BrN3O4. The second kappa shape index (κ2) is 9.24. The summed E-state index contributed by atoms with van der Waals surface area (Å²) in [4.78, 5) is 42.9. The van der Waals surface area contributed by atoms with Crippen molar-refractivity contribution in [1.82, 2.24) is 5.43 Å². The third kappa shape index (κ3) is 3.56. The normalized spacial score (nSPS) is 23.9. The minimum atomic E-state index is -1.11. The smallest absolute Gasteiger partial charge is 0.275 e. The first-order valence-corrected chi connectivity index (χ1v) is 14.1. The van der Waals surface area contributed by atoms with Gasteiger partial charge in [-0.3, -0.25) is 14.4 Å². The van der Waals surface area contributed by atoms with Crippen LogP contribution in [0.25, 0.3) is 0 Å². The van der Waals surface area contributed by atoms with E-state index in [0.29, 0.717) is 10.2 Å². The van der Waals surface area contributed by atoms with E-state index in [9.17, 15) is 19.5 Å². The Morgan fingerprint density at radius 1 is 0.927 bits per heavy atom. The van der Waals surface area contributed by atoms with Gasteiger partial charge < -0.3 is 5.11 Å². The van der Waals surface area contributed by atoms with Crippen LogP contribution in [0.3, 0.4) is 0 Å². The maximum Gasteiger partial charge on any atom is 0.275 e. The van der Waals surface area contributed by atoms with Crippen LogP contribution in [0, 0.1) is 18.8 Å². The second-order valence-electron chi connectivity index (χ2n) is 10.7. The van der Waals surface area contributed by atoms with Gasteiger partial charge in [-0.2, -0.15) is 5.10 Å². The van der Waals surface area contributed by atoms with Crippen molar-refractivity contribution < 1.29 is 19.5 Å². The van der Waals surface area contributed by atoms with Crippen molar-refractivity contribution in [3.05, 3.63) is 129 Å². The molecule has 2 atom stereocenters. The Labute approximate surface area is 244 Å². The highest BCUT2D eigenvalue weighted by molar-refractivity contribution is 9.10. The van der Waals surface area contributed by atoms with E-state index in [4.69, 9.17) is 0 Å². The first-order valence-electron chi connectivity index (χ1n) is 13.3. The molecule has 2 bridgehead atoms. The minimum Gasteiger partial charge on any atom is -0.507 e. The van der Waals surface area contributed by atoms with E-state index < -0.39 is 23.2 Å². The van der Waals surface area contributed by atoms with Crippen molar-refractivity contribution in [3.8, 4) is 5.75 Å². The van der Waals surface area contributed by atoms with E-state index in [1.54, 1.807) is 24.4 Å². The van der Waals surface area contributed by atoms with E-state index >= 15 is 0 Å². The van der Waals surface area contributed by atoms with Gasteiger partial charge in [0.25, 0.3) is 5.91 Å². The third-order valence-corrected chi connectivity index (χ3v) is 9.11. The maximum atomic E-state index is 14.4. The fourth-order valence-electron chi connectivity index (χ4n) is 6.94. The van der Waals surface area contributed by atoms with Crippen molar-refractivity contribution in [3.63, 3.8) is 0 Å². The summed E-state index contributed by atoms with van der Waals surface area (Å²) in [6.45, 7) is 1.96. The maximum absolute atomic E-state index is 14.4. The number of anilines is 1. The Balaban J connectivity index is 1.40. The number of aryl methyl sites for hydroxylation is 1. The Morgan fingerprint density at radius 3 is 2.22 bits per heavy atom. The molecule has 0 radical (unpaired) electrons. The quantitative estimate of drug-likeness (QED) is 0.184. The first-order chi connectivity index (χ1) is 19.8. The number of nitrogens with one attached hydrogen (secondary N) is 1. The van der Waals surface area contributed by atoms with Crippen LogP contribution in [0.15, 0.2) is 101 Å². The lowest BCUT2D eigenvalue weighted by Gasteiger charge is -2.52. The number of hydrogen-bond donors (Lipinski definition) is 2. The zero-order valence-corrected chi connectivity index (χ0v) is 23.5. The molecule has 7 nitrogen and oxygen atoms in total. The average molecular weight is 606 g/mol. The van der Waals surface area contributed by atoms with Crippen LogP contribution in [-0.2, 0) is 15.0 Å². The number of benzene rings is 4. The summed E-state index contributed by atoms with van der Waals surface area (Å²) in [7, 11) is 0. The Hall–Kier alpha value is -4.56. The molecule has 3 aliphatic carbocycles. The molecule has 0 spiro atoms. The molecule has 1 aliphatic heterocycles. The second-order valence-corrected chi connectivity index (χ2v) is 11.6. The number of imide groups is 1. The monoisotopic (exact) mass is 605 g/mol. The number of amides is 3. The number of phenolic OH excluding ortho intramolecular Hbond substituents is 1. The van der Waals surface area contributed by atoms with Gasteiger partial charge in [0.2, 0.25) is 11.8 Å². The molecule has 4 aromatic carbocycles. The fourth-order valence-corrected chi connectivity index (χ4v) is 7.30. The molecule has 1 heterocycles. The molecule has 8 rings (SSSR count). The molecule has 4 aromatic rings. The molecular weight excluding hydrogens is 582 g/mol. The number of nitrogens with zero attached hydrogens (tertiary/aromatic N) is 2. The Bertz CT molecular complexity index is 1750. The molecule has 41 heavy (non-hydrogen) atoms. The summed E-state index contributed by atoms with van der Waals surface area (Å²) in [5, 5.41) is 14.6. The lowest BCUT2D eigenvalue weighted by atomic mass is 9.47. The van der Waals surface area contributed by atoms with Crippen LogP contribution in [-0.4, -0.2) is 29.0 Å². The van der Waals surface area contributed by atoms with E-state index in [2.05, 4.69) is 26.5 Å². The largest absolute Gasteiger partial charge is 0.507 e. The third-order valence-electron chi connectivity index (χ3n) is 8.61. The highest BCUT2D eigenvalue weighted by Gasteiger charge is 2.68. The zero-order valence-electron chi connectivity index (χ0n) is 21.9. The van der Waals surface area contributed by atoms with E-state index in [-0.39, 0.29) is 29.0 Å². The average Bonchev–Trinajstić information content (AvgIpc) is 3.25. The number of halogens is 1. The van der Waals surface area contributed by atoms with Crippen LogP contribution >= 0.6 is 15.9 Å². The standard InChI is InChI=1S/C33H24BrN3O4/c1-18-10-13-20(14-11-18)37-31(40)28-27-21-6-2-4-8-24(21)33(29(28)32(37)41,25-9-5-3-7-22(25)27)17-35-36-30(39)23-16-19(34)12-15-26(23)38/h2-17,27-29,38H,1H3,(H,36,39)/b35-17+/t27?,28-,29+,33?/m1/s1. The molecule has 2 N–H and O–H groups in total. The summed E-state index contributed by atoms with van der Waals surface area (Å²) < 4.78 is 0.630. The van der Waals surface area contributed by atoms with Crippen LogP contribution in [0.1, 0.15) is 44.1 Å². The Kier molecular flexibility index (Phi) is 5.73. The number of hydrogen-bond acceptors (Lipinski definition) is 5. The lowest BCUT2D eigenvalue weighted by molar-refractivity contribution is -0.122. The predicted octanol–water partition coefficient (Wildman–Crippen LogP) is 5.43. The van der Waals surface area contributed by atoms with E-state index in [0.717, 1.165) is 27.8 Å². The zero-order chi connectivity index (χ0) is 28.5. The van der Waals surface area contributed by atoms with Crippen LogP contribution in [0.2, 0.25) is 0 Å². The van der Waals surface area contributed by atoms with Gasteiger partial charge in [-0.15, -0.1) is 0 Å². The number of carbonyl (C=O) groups is 3. The number of carbonyl (C=O) groups excluding carboxylic acids is 3. The lowest BCUT2D eigenvalue weighted by Crippen LogP contribution is -2.54. The number of hydrazone groups is 1. The number of phenols is 1. The summed E-state index contributed by atoms with van der Waals surface area (Å²) in [6.07, 6.45) is 1.61. The number of aromatic hydroxyl groups is 1. The molecule has 202 valence electrons. The van der Waals surface area contributed by atoms with Crippen LogP contribution < -0.4 is 10.3 Å². The molecule has 8 heteroatoms. The Morgan fingerprint density at radius 2 is 1.56 bits per heavy atom. The van der Waals surface area contributed by atoms with Gasteiger partial charge in [0, 0.05) is 16.6 Å². The van der Waals surface area contributed by atoms with Crippen molar-refractivity contribution in [2.24, 2.45) is 16.9 Å². The SMILES string of the molecule is Cc1ccc(N2C(=O)[C@@H]3C4c5ccccc5C(/C=N/NC(=O)c5cc(Br)ccc5O)(c5ccccc54)[C@@H]3C2=O)cc1. The summed E-state index contributed by atoms with van der Waals surface area (Å²) >= 11 is 3.32. The summed E-state index contributed by atoms with van der Waals surface area (Å²) in [5.41, 5.74) is 6.79. The van der Waals surface area contributed by atoms with Crippen molar-refractivity contribution in [2.75, 3.05) is 4.90 Å².